The van der Waals surface area contributed by atoms with Gasteiger partial charge in [-0.2, -0.15) is 0 Å². The molecule has 3 aromatic carbocycles. The molecule has 0 atom stereocenters. The van der Waals surface area contributed by atoms with Gasteiger partial charge in [0.1, 0.15) is 16.5 Å². The lowest BCUT2D eigenvalue weighted by molar-refractivity contribution is -0.120. The molecule has 1 heterocycles. The van der Waals surface area contributed by atoms with Crippen LogP contribution in [0.25, 0.3) is 0 Å². The Kier molecular flexibility index (Phi) is 6.18. The molecule has 0 bridgehead atoms. The van der Waals surface area contributed by atoms with Gasteiger partial charge in [0.05, 0.1) is 5.69 Å². The summed E-state index contributed by atoms with van der Waals surface area (Å²) in [5, 5.41) is 5.62. The summed E-state index contributed by atoms with van der Waals surface area (Å²) < 4.78 is 13.1. The van der Waals surface area contributed by atoms with Crippen molar-refractivity contribution in [2.75, 3.05) is 15.5 Å². The van der Waals surface area contributed by atoms with Crippen LogP contribution in [0.2, 0.25) is 5.02 Å². The van der Waals surface area contributed by atoms with E-state index in [4.69, 9.17) is 23.2 Å². The summed E-state index contributed by atoms with van der Waals surface area (Å²) in [6.45, 7) is 1.80. The molecule has 1 aliphatic heterocycles. The number of benzene rings is 3. The van der Waals surface area contributed by atoms with E-state index in [0.717, 1.165) is 10.5 Å². The van der Waals surface area contributed by atoms with Crippen LogP contribution in [0.5, 0.6) is 0 Å². The topological polar surface area (TPSA) is 78.5 Å². The van der Waals surface area contributed by atoms with Crippen molar-refractivity contribution in [2.45, 2.75) is 6.92 Å². The molecule has 0 aromatic heterocycles. The molecule has 0 saturated heterocycles. The normalized spacial score (nSPS) is 13.5. The van der Waals surface area contributed by atoms with Crippen LogP contribution in [0.4, 0.5) is 21.5 Å². The molecule has 0 saturated carbocycles. The third-order valence-electron chi connectivity index (χ3n) is 4.94. The zero-order chi connectivity index (χ0) is 23.7. The van der Waals surface area contributed by atoms with Crippen LogP contribution < -0.4 is 15.5 Å². The molecule has 33 heavy (non-hydrogen) atoms. The summed E-state index contributed by atoms with van der Waals surface area (Å²) in [6.07, 6.45) is 0. The number of aryl methyl sites for hydroxylation is 1. The highest BCUT2D eigenvalue weighted by molar-refractivity contribution is 6.53. The zero-order valence-corrected chi connectivity index (χ0v) is 18.7. The number of nitrogens with zero attached hydrogens (tertiary/aromatic N) is 1. The van der Waals surface area contributed by atoms with Gasteiger partial charge in [0, 0.05) is 22.0 Å². The fourth-order valence-corrected chi connectivity index (χ4v) is 3.57. The molecular formula is C24H16Cl2FN3O3. The summed E-state index contributed by atoms with van der Waals surface area (Å²) in [4.78, 5) is 39.1. The summed E-state index contributed by atoms with van der Waals surface area (Å²) in [5.74, 6) is -2.18. The highest BCUT2D eigenvalue weighted by Gasteiger charge is 2.39. The highest BCUT2D eigenvalue weighted by atomic mass is 35.5. The van der Waals surface area contributed by atoms with E-state index in [0.29, 0.717) is 22.1 Å². The van der Waals surface area contributed by atoms with Gasteiger partial charge in [0.25, 0.3) is 17.7 Å². The second-order valence-corrected chi connectivity index (χ2v) is 8.02. The van der Waals surface area contributed by atoms with E-state index in [1.807, 2.05) is 0 Å². The number of nitrogens with one attached hydrogen (secondary N) is 2. The van der Waals surface area contributed by atoms with E-state index in [2.05, 4.69) is 10.6 Å². The molecule has 3 amide bonds. The summed E-state index contributed by atoms with van der Waals surface area (Å²) in [5.41, 5.74) is 2.05. The molecule has 3 aromatic rings. The van der Waals surface area contributed by atoms with Gasteiger partial charge in [-0.25, -0.2) is 9.29 Å². The Morgan fingerprint density at radius 3 is 2.33 bits per heavy atom. The maximum Gasteiger partial charge on any atom is 0.283 e. The van der Waals surface area contributed by atoms with Crippen molar-refractivity contribution in [3.05, 3.63) is 99.4 Å². The largest absolute Gasteiger partial charge is 0.350 e. The van der Waals surface area contributed by atoms with E-state index < -0.39 is 23.5 Å². The Labute approximate surface area is 198 Å². The van der Waals surface area contributed by atoms with Gasteiger partial charge < -0.3 is 10.6 Å². The lowest BCUT2D eigenvalue weighted by atomic mass is 10.1. The number of anilines is 3. The maximum absolute atomic E-state index is 13.1. The first-order valence-corrected chi connectivity index (χ1v) is 10.5. The highest BCUT2D eigenvalue weighted by Crippen LogP contribution is 2.32. The van der Waals surface area contributed by atoms with Crippen LogP contribution in [0.1, 0.15) is 15.9 Å². The smallest absolute Gasteiger partial charge is 0.283 e. The summed E-state index contributed by atoms with van der Waals surface area (Å²) in [7, 11) is 0. The molecule has 0 aliphatic carbocycles. The number of imide groups is 1. The minimum Gasteiger partial charge on any atom is -0.350 e. The van der Waals surface area contributed by atoms with Crippen LogP contribution >= 0.6 is 23.2 Å². The second-order valence-electron chi connectivity index (χ2n) is 7.24. The van der Waals surface area contributed by atoms with Crippen molar-refractivity contribution in [3.8, 4) is 0 Å². The molecule has 9 heteroatoms. The third kappa shape index (κ3) is 4.60. The van der Waals surface area contributed by atoms with E-state index in [1.54, 1.807) is 37.3 Å². The Balaban J connectivity index is 1.54. The van der Waals surface area contributed by atoms with Gasteiger partial charge in [0.2, 0.25) is 0 Å². The lowest BCUT2D eigenvalue weighted by Gasteiger charge is -2.16. The second kappa shape index (κ2) is 9.05. The molecule has 166 valence electrons. The van der Waals surface area contributed by atoms with Crippen molar-refractivity contribution in [2.24, 2.45) is 0 Å². The zero-order valence-electron chi connectivity index (χ0n) is 17.2. The van der Waals surface area contributed by atoms with Gasteiger partial charge in [-0.3, -0.25) is 14.4 Å². The Morgan fingerprint density at radius 1 is 0.909 bits per heavy atom. The van der Waals surface area contributed by atoms with Crippen LogP contribution in [0.15, 0.2) is 77.5 Å². The van der Waals surface area contributed by atoms with Crippen LogP contribution in [-0.2, 0) is 9.59 Å². The predicted molar refractivity (Wildman–Crippen MR) is 126 cm³/mol. The van der Waals surface area contributed by atoms with E-state index in [9.17, 15) is 18.8 Å². The fraction of sp³-hybridized carbons (Fsp3) is 0.0417. The number of carbonyl (C=O) groups excluding carboxylic acids is 3. The first-order chi connectivity index (χ1) is 15.7. The molecule has 6 nitrogen and oxygen atoms in total. The van der Waals surface area contributed by atoms with E-state index in [-0.39, 0.29) is 16.3 Å². The molecular weight excluding hydrogens is 468 g/mol. The average Bonchev–Trinajstić information content (AvgIpc) is 3.00. The van der Waals surface area contributed by atoms with Crippen molar-refractivity contribution in [3.63, 3.8) is 0 Å². The standard InChI is InChI=1S/C24H16Cl2FN3O3/c1-13-5-10-18(12-19(13)25)30-23(32)20(26)21(24(30)33)28-17-4-2-3-14(11-17)22(31)29-16-8-6-15(27)7-9-16/h2-12,28H,1H3,(H,29,31). The van der Waals surface area contributed by atoms with Crippen molar-refractivity contribution >= 4 is 58.0 Å². The third-order valence-corrected chi connectivity index (χ3v) is 5.69. The monoisotopic (exact) mass is 483 g/mol. The molecule has 4 rings (SSSR count). The Morgan fingerprint density at radius 2 is 1.64 bits per heavy atom. The molecule has 0 fully saturated rings. The molecule has 0 radical (unpaired) electrons. The van der Waals surface area contributed by atoms with Gasteiger partial charge in [-0.15, -0.1) is 0 Å². The molecule has 0 spiro atoms. The number of halogens is 3. The minimum atomic E-state index is -0.686. The predicted octanol–water partition coefficient (Wildman–Crippen LogP) is 5.48. The number of carbonyl (C=O) groups is 3. The molecule has 1 aliphatic rings. The Bertz CT molecular complexity index is 1320. The summed E-state index contributed by atoms with van der Waals surface area (Å²) in [6, 6.07) is 16.5. The van der Waals surface area contributed by atoms with Gasteiger partial charge >= 0.3 is 0 Å². The van der Waals surface area contributed by atoms with Crippen LogP contribution in [0.3, 0.4) is 0 Å². The number of amides is 3. The minimum absolute atomic E-state index is 0.116. The number of hydrogen-bond acceptors (Lipinski definition) is 4. The average molecular weight is 484 g/mol. The van der Waals surface area contributed by atoms with Crippen LogP contribution in [0, 0.1) is 12.7 Å². The van der Waals surface area contributed by atoms with Crippen LogP contribution in [-0.4, -0.2) is 17.7 Å². The first kappa shape index (κ1) is 22.5. The Hall–Kier alpha value is -3.68. The summed E-state index contributed by atoms with van der Waals surface area (Å²) >= 11 is 12.3. The van der Waals surface area contributed by atoms with E-state index in [1.165, 1.54) is 36.4 Å². The molecule has 0 unspecified atom stereocenters. The SMILES string of the molecule is Cc1ccc(N2C(=O)C(Cl)=C(Nc3cccc(C(=O)Nc4ccc(F)cc4)c3)C2=O)cc1Cl. The van der Waals surface area contributed by atoms with Crippen molar-refractivity contribution in [1.29, 1.82) is 0 Å². The van der Waals surface area contributed by atoms with E-state index >= 15 is 0 Å². The van der Waals surface area contributed by atoms with Gasteiger partial charge in [0.15, 0.2) is 0 Å². The fourth-order valence-electron chi connectivity index (χ4n) is 3.19. The number of hydrogen-bond donors (Lipinski definition) is 2. The number of rotatable bonds is 5. The van der Waals surface area contributed by atoms with Gasteiger partial charge in [-0.1, -0.05) is 35.3 Å². The molecule has 2 N–H and O–H groups in total. The van der Waals surface area contributed by atoms with Crippen molar-refractivity contribution < 1.29 is 18.8 Å². The quantitative estimate of drug-likeness (QED) is 0.471. The first-order valence-electron chi connectivity index (χ1n) is 9.73. The van der Waals surface area contributed by atoms with Gasteiger partial charge in [-0.05, 0) is 67.1 Å². The lowest BCUT2D eigenvalue weighted by Crippen LogP contribution is -2.32. The van der Waals surface area contributed by atoms with Crippen molar-refractivity contribution in [1.82, 2.24) is 0 Å². The maximum atomic E-state index is 13.1.